The fraction of sp³-hybridized carbons (Fsp3) is 0.235. The molecule has 0 saturated heterocycles. The molecule has 1 amide bonds. The number of rotatable bonds is 6. The van der Waals surface area contributed by atoms with E-state index in [9.17, 15) is 9.18 Å². The van der Waals surface area contributed by atoms with Gasteiger partial charge >= 0.3 is 0 Å². The number of benzene rings is 2. The molecular weight excluding hydrogens is 285 g/mol. The molecule has 4 nitrogen and oxygen atoms in total. The third kappa shape index (κ3) is 4.22. The molecule has 0 unspecified atom stereocenters. The summed E-state index contributed by atoms with van der Waals surface area (Å²) in [7, 11) is 3.09. The molecule has 0 aliphatic carbocycles. The zero-order valence-electron chi connectivity index (χ0n) is 12.6. The number of hydrogen-bond acceptors (Lipinski definition) is 3. The highest BCUT2D eigenvalue weighted by atomic mass is 19.1. The van der Waals surface area contributed by atoms with Crippen LogP contribution >= 0.6 is 0 Å². The standard InChI is InChI=1S/C17H18FNO3/c1-21-15-9-8-14(11-16(15)22-2)19-17(20)10-5-12-3-6-13(18)7-4-12/h3-4,6-9,11H,5,10H2,1-2H3,(H,19,20). The van der Waals surface area contributed by atoms with Crippen molar-refractivity contribution in [3.8, 4) is 11.5 Å². The maximum Gasteiger partial charge on any atom is 0.224 e. The average molecular weight is 303 g/mol. The third-order valence-electron chi connectivity index (χ3n) is 3.22. The summed E-state index contributed by atoms with van der Waals surface area (Å²) in [5.74, 6) is 0.765. The van der Waals surface area contributed by atoms with Gasteiger partial charge in [0.05, 0.1) is 14.2 Å². The normalized spacial score (nSPS) is 10.1. The second-order valence-electron chi connectivity index (χ2n) is 4.74. The average Bonchev–Trinajstić information content (AvgIpc) is 2.54. The lowest BCUT2D eigenvalue weighted by atomic mass is 10.1. The van der Waals surface area contributed by atoms with Crippen molar-refractivity contribution in [1.29, 1.82) is 0 Å². The highest BCUT2D eigenvalue weighted by molar-refractivity contribution is 5.91. The molecule has 0 heterocycles. The molecule has 2 aromatic carbocycles. The number of aryl methyl sites for hydroxylation is 1. The van der Waals surface area contributed by atoms with Crippen molar-refractivity contribution in [3.63, 3.8) is 0 Å². The zero-order chi connectivity index (χ0) is 15.9. The van der Waals surface area contributed by atoms with E-state index in [2.05, 4.69) is 5.32 Å². The van der Waals surface area contributed by atoms with Crippen LogP contribution in [0.25, 0.3) is 0 Å². The summed E-state index contributed by atoms with van der Waals surface area (Å²) in [5.41, 5.74) is 1.56. The minimum atomic E-state index is -0.279. The Balaban J connectivity index is 1.93. The van der Waals surface area contributed by atoms with E-state index >= 15 is 0 Å². The minimum Gasteiger partial charge on any atom is -0.493 e. The summed E-state index contributed by atoms with van der Waals surface area (Å²) >= 11 is 0. The highest BCUT2D eigenvalue weighted by Crippen LogP contribution is 2.29. The van der Waals surface area contributed by atoms with Crippen LogP contribution in [0.15, 0.2) is 42.5 Å². The highest BCUT2D eigenvalue weighted by Gasteiger charge is 2.07. The van der Waals surface area contributed by atoms with Gasteiger partial charge in [-0.2, -0.15) is 0 Å². The zero-order valence-corrected chi connectivity index (χ0v) is 12.6. The van der Waals surface area contributed by atoms with Crippen molar-refractivity contribution in [2.45, 2.75) is 12.8 Å². The van der Waals surface area contributed by atoms with E-state index in [1.54, 1.807) is 37.4 Å². The predicted molar refractivity (Wildman–Crippen MR) is 82.9 cm³/mol. The van der Waals surface area contributed by atoms with Crippen LogP contribution in [0.3, 0.4) is 0 Å². The summed E-state index contributed by atoms with van der Waals surface area (Å²) in [4.78, 5) is 11.9. The third-order valence-corrected chi connectivity index (χ3v) is 3.22. The molecular formula is C17H18FNO3. The molecule has 0 radical (unpaired) electrons. The van der Waals surface area contributed by atoms with E-state index < -0.39 is 0 Å². The minimum absolute atomic E-state index is 0.114. The summed E-state index contributed by atoms with van der Waals surface area (Å²) in [5, 5.41) is 2.80. The van der Waals surface area contributed by atoms with Gasteiger partial charge in [0, 0.05) is 18.2 Å². The van der Waals surface area contributed by atoms with Crippen LogP contribution in [0.2, 0.25) is 0 Å². The topological polar surface area (TPSA) is 47.6 Å². The Hall–Kier alpha value is -2.56. The first-order valence-corrected chi connectivity index (χ1v) is 6.88. The van der Waals surface area contributed by atoms with Crippen molar-refractivity contribution < 1.29 is 18.7 Å². The van der Waals surface area contributed by atoms with Gasteiger partial charge in [-0.15, -0.1) is 0 Å². The number of amides is 1. The molecule has 1 N–H and O–H groups in total. The van der Waals surface area contributed by atoms with E-state index in [4.69, 9.17) is 9.47 Å². The van der Waals surface area contributed by atoms with Gasteiger partial charge in [0.1, 0.15) is 5.82 Å². The molecule has 0 aromatic heterocycles. The maximum absolute atomic E-state index is 12.8. The Bertz CT molecular complexity index is 641. The van der Waals surface area contributed by atoms with Gasteiger partial charge in [-0.25, -0.2) is 4.39 Å². The first-order chi connectivity index (χ1) is 10.6. The Morgan fingerprint density at radius 3 is 2.36 bits per heavy atom. The molecule has 0 aliphatic heterocycles. The summed E-state index contributed by atoms with van der Waals surface area (Å²) in [6.07, 6.45) is 0.874. The van der Waals surface area contributed by atoms with Crippen LogP contribution in [-0.4, -0.2) is 20.1 Å². The molecule has 116 valence electrons. The van der Waals surface area contributed by atoms with Gasteiger partial charge in [-0.05, 0) is 36.2 Å². The molecule has 2 aromatic rings. The Morgan fingerprint density at radius 1 is 1.05 bits per heavy atom. The van der Waals surface area contributed by atoms with Crippen molar-refractivity contribution >= 4 is 11.6 Å². The molecule has 0 bridgehead atoms. The van der Waals surface area contributed by atoms with Crippen LogP contribution in [0, 0.1) is 5.82 Å². The smallest absolute Gasteiger partial charge is 0.224 e. The lowest BCUT2D eigenvalue weighted by Gasteiger charge is -2.10. The van der Waals surface area contributed by atoms with Crippen molar-refractivity contribution in [2.75, 3.05) is 19.5 Å². The van der Waals surface area contributed by atoms with Gasteiger partial charge in [0.2, 0.25) is 5.91 Å². The molecule has 0 fully saturated rings. The Kier molecular flexibility index (Phi) is 5.36. The number of methoxy groups -OCH3 is 2. The van der Waals surface area contributed by atoms with E-state index in [-0.39, 0.29) is 11.7 Å². The summed E-state index contributed by atoms with van der Waals surface area (Å²) < 4.78 is 23.1. The summed E-state index contributed by atoms with van der Waals surface area (Å²) in [6.45, 7) is 0. The number of carbonyl (C=O) groups is 1. The lowest BCUT2D eigenvalue weighted by Crippen LogP contribution is -2.12. The molecule has 0 aliphatic rings. The van der Waals surface area contributed by atoms with E-state index in [1.807, 2.05) is 0 Å². The molecule has 0 saturated carbocycles. The van der Waals surface area contributed by atoms with Crippen LogP contribution < -0.4 is 14.8 Å². The van der Waals surface area contributed by atoms with E-state index in [0.29, 0.717) is 30.0 Å². The molecule has 0 spiro atoms. The first-order valence-electron chi connectivity index (χ1n) is 6.88. The van der Waals surface area contributed by atoms with Gasteiger partial charge in [-0.3, -0.25) is 4.79 Å². The Labute approximate surface area is 128 Å². The SMILES string of the molecule is COc1ccc(NC(=O)CCc2ccc(F)cc2)cc1OC. The molecule has 0 atom stereocenters. The van der Waals surface area contributed by atoms with Gasteiger partial charge in [0.25, 0.3) is 0 Å². The predicted octanol–water partition coefficient (Wildman–Crippen LogP) is 3.41. The van der Waals surface area contributed by atoms with Crippen LogP contribution in [0.4, 0.5) is 10.1 Å². The first kappa shape index (κ1) is 15.8. The second-order valence-corrected chi connectivity index (χ2v) is 4.74. The van der Waals surface area contributed by atoms with Gasteiger partial charge < -0.3 is 14.8 Å². The number of halogens is 1. The second kappa shape index (κ2) is 7.45. The van der Waals surface area contributed by atoms with Gasteiger partial charge in [0.15, 0.2) is 11.5 Å². The molecule has 2 rings (SSSR count). The number of nitrogens with one attached hydrogen (secondary N) is 1. The fourth-order valence-electron chi connectivity index (χ4n) is 2.05. The largest absolute Gasteiger partial charge is 0.493 e. The molecule has 5 heteroatoms. The number of hydrogen-bond donors (Lipinski definition) is 1. The Morgan fingerprint density at radius 2 is 1.73 bits per heavy atom. The van der Waals surface area contributed by atoms with Crippen molar-refractivity contribution in [3.05, 3.63) is 53.8 Å². The molecule has 22 heavy (non-hydrogen) atoms. The number of carbonyl (C=O) groups excluding carboxylic acids is 1. The van der Waals surface area contributed by atoms with Crippen LogP contribution in [0.5, 0.6) is 11.5 Å². The monoisotopic (exact) mass is 303 g/mol. The number of ether oxygens (including phenoxy) is 2. The maximum atomic E-state index is 12.8. The van der Waals surface area contributed by atoms with Gasteiger partial charge in [-0.1, -0.05) is 12.1 Å². The number of anilines is 1. The van der Waals surface area contributed by atoms with E-state index in [1.165, 1.54) is 19.2 Å². The fourth-order valence-corrected chi connectivity index (χ4v) is 2.05. The van der Waals surface area contributed by atoms with E-state index in [0.717, 1.165) is 5.56 Å². The van der Waals surface area contributed by atoms with Crippen molar-refractivity contribution in [1.82, 2.24) is 0 Å². The quantitative estimate of drug-likeness (QED) is 0.889. The van der Waals surface area contributed by atoms with Crippen LogP contribution in [-0.2, 0) is 11.2 Å². The van der Waals surface area contributed by atoms with Crippen molar-refractivity contribution in [2.24, 2.45) is 0 Å². The van der Waals surface area contributed by atoms with Crippen LogP contribution in [0.1, 0.15) is 12.0 Å². The summed E-state index contributed by atoms with van der Waals surface area (Å²) in [6, 6.07) is 11.3. The lowest BCUT2D eigenvalue weighted by molar-refractivity contribution is -0.116.